The Morgan fingerprint density at radius 2 is 1.36 bits per heavy atom. The van der Waals surface area contributed by atoms with E-state index in [4.69, 9.17) is 11.6 Å². The van der Waals surface area contributed by atoms with Crippen LogP contribution in [0.2, 0.25) is 5.02 Å². The van der Waals surface area contributed by atoms with Crippen LogP contribution in [0.15, 0.2) is 84.9 Å². The summed E-state index contributed by atoms with van der Waals surface area (Å²) < 4.78 is 0. The molecule has 0 saturated heterocycles. The first-order valence-corrected chi connectivity index (χ1v) is 11.5. The van der Waals surface area contributed by atoms with E-state index < -0.39 is 11.6 Å². The maximum Gasteiger partial charge on any atom is 0.243 e. The summed E-state index contributed by atoms with van der Waals surface area (Å²) in [5.41, 5.74) is 2.42. The van der Waals surface area contributed by atoms with Crippen LogP contribution in [0.3, 0.4) is 0 Å². The quantitative estimate of drug-likeness (QED) is 0.484. The fraction of sp³-hybridized carbons (Fsp3) is 0.286. The SMILES string of the molecule is CC(C)(C)NC(=O)[C@H](Cc1ccccc1)N(Cc1ccccc1)C(=O)Cc1ccc(Cl)cc1. The number of halogens is 1. The first-order chi connectivity index (χ1) is 15.7. The molecule has 3 aromatic rings. The van der Waals surface area contributed by atoms with Crippen molar-refractivity contribution in [1.82, 2.24) is 10.2 Å². The van der Waals surface area contributed by atoms with Crippen molar-refractivity contribution in [2.75, 3.05) is 0 Å². The van der Waals surface area contributed by atoms with Gasteiger partial charge in [-0.3, -0.25) is 9.59 Å². The highest BCUT2D eigenvalue weighted by molar-refractivity contribution is 6.30. The molecule has 0 fully saturated rings. The summed E-state index contributed by atoms with van der Waals surface area (Å²) in [5.74, 6) is -0.266. The molecule has 0 radical (unpaired) electrons. The number of nitrogens with one attached hydrogen (secondary N) is 1. The first-order valence-electron chi connectivity index (χ1n) is 11.1. The Kier molecular flexibility index (Phi) is 8.29. The Bertz CT molecular complexity index is 1040. The Morgan fingerprint density at radius 1 is 0.818 bits per heavy atom. The molecule has 0 saturated carbocycles. The minimum atomic E-state index is -0.647. The van der Waals surface area contributed by atoms with E-state index in [9.17, 15) is 9.59 Å². The van der Waals surface area contributed by atoms with Crippen molar-refractivity contribution in [2.24, 2.45) is 0 Å². The maximum atomic E-state index is 13.6. The number of carbonyl (C=O) groups is 2. The molecule has 2 amide bonds. The second kappa shape index (κ2) is 11.2. The molecule has 0 bridgehead atoms. The van der Waals surface area contributed by atoms with Gasteiger partial charge in [0, 0.05) is 23.5 Å². The van der Waals surface area contributed by atoms with Crippen LogP contribution in [0.25, 0.3) is 0 Å². The number of benzene rings is 3. The Labute approximate surface area is 201 Å². The number of hydrogen-bond donors (Lipinski definition) is 1. The average Bonchev–Trinajstić information content (AvgIpc) is 2.78. The van der Waals surface area contributed by atoms with Crippen LogP contribution >= 0.6 is 11.6 Å². The lowest BCUT2D eigenvalue weighted by molar-refractivity contribution is -0.141. The highest BCUT2D eigenvalue weighted by Crippen LogP contribution is 2.18. The summed E-state index contributed by atoms with van der Waals surface area (Å²) in [5, 5.41) is 3.71. The van der Waals surface area contributed by atoms with Gasteiger partial charge in [0.05, 0.1) is 6.42 Å². The summed E-state index contributed by atoms with van der Waals surface area (Å²) in [6.07, 6.45) is 0.625. The number of hydrogen-bond acceptors (Lipinski definition) is 2. The topological polar surface area (TPSA) is 49.4 Å². The fourth-order valence-electron chi connectivity index (χ4n) is 3.67. The van der Waals surface area contributed by atoms with E-state index in [1.54, 1.807) is 17.0 Å². The lowest BCUT2D eigenvalue weighted by atomic mass is 10.00. The normalized spacial score (nSPS) is 12.1. The molecule has 0 aromatic heterocycles. The predicted molar refractivity (Wildman–Crippen MR) is 134 cm³/mol. The Balaban J connectivity index is 1.96. The standard InChI is InChI=1S/C28H31ClN2O2/c1-28(2,3)30-27(33)25(18-21-10-6-4-7-11-21)31(20-23-12-8-5-9-13-23)26(32)19-22-14-16-24(29)17-15-22/h4-17,25H,18-20H2,1-3H3,(H,30,33)/t25-/m0/s1. The van der Waals surface area contributed by atoms with Crippen molar-refractivity contribution in [3.05, 3.63) is 107 Å². The van der Waals surface area contributed by atoms with Crippen molar-refractivity contribution in [1.29, 1.82) is 0 Å². The van der Waals surface area contributed by atoms with E-state index >= 15 is 0 Å². The van der Waals surface area contributed by atoms with E-state index in [0.717, 1.165) is 16.7 Å². The monoisotopic (exact) mass is 462 g/mol. The van der Waals surface area contributed by atoms with Gasteiger partial charge < -0.3 is 10.2 Å². The van der Waals surface area contributed by atoms with Crippen LogP contribution in [0.4, 0.5) is 0 Å². The third-order valence-electron chi connectivity index (χ3n) is 5.23. The van der Waals surface area contributed by atoms with Gasteiger partial charge in [0.2, 0.25) is 11.8 Å². The number of carbonyl (C=O) groups excluding carboxylic acids is 2. The average molecular weight is 463 g/mol. The Hall–Kier alpha value is -3.11. The molecule has 172 valence electrons. The van der Waals surface area contributed by atoms with Crippen molar-refractivity contribution >= 4 is 23.4 Å². The van der Waals surface area contributed by atoms with E-state index in [2.05, 4.69) is 5.32 Å². The van der Waals surface area contributed by atoms with Gasteiger partial charge in [0.15, 0.2) is 0 Å². The zero-order chi connectivity index (χ0) is 23.8. The van der Waals surface area contributed by atoms with Gasteiger partial charge in [-0.25, -0.2) is 0 Å². The lowest BCUT2D eigenvalue weighted by Gasteiger charge is -2.34. The van der Waals surface area contributed by atoms with Gasteiger partial charge in [0.1, 0.15) is 6.04 Å². The summed E-state index contributed by atoms with van der Waals surface area (Å²) >= 11 is 6.01. The summed E-state index contributed by atoms with van der Waals surface area (Å²) in [6, 6.07) is 26.2. The molecular formula is C28H31ClN2O2. The maximum absolute atomic E-state index is 13.6. The highest BCUT2D eigenvalue weighted by atomic mass is 35.5. The zero-order valence-electron chi connectivity index (χ0n) is 19.4. The van der Waals surface area contributed by atoms with E-state index in [1.165, 1.54) is 0 Å². The second-order valence-electron chi connectivity index (χ2n) is 9.26. The molecule has 0 spiro atoms. The molecule has 0 heterocycles. The van der Waals surface area contributed by atoms with Crippen molar-refractivity contribution in [3.63, 3.8) is 0 Å². The molecular weight excluding hydrogens is 432 g/mol. The van der Waals surface area contributed by atoms with E-state index in [0.29, 0.717) is 18.0 Å². The fourth-order valence-corrected chi connectivity index (χ4v) is 3.79. The Morgan fingerprint density at radius 3 is 1.91 bits per heavy atom. The molecule has 0 aliphatic rings. The van der Waals surface area contributed by atoms with Crippen LogP contribution in [-0.2, 0) is 29.0 Å². The molecule has 1 atom stereocenters. The van der Waals surface area contributed by atoms with Crippen LogP contribution in [-0.4, -0.2) is 28.3 Å². The lowest BCUT2D eigenvalue weighted by Crippen LogP contribution is -2.54. The molecule has 5 heteroatoms. The van der Waals surface area contributed by atoms with Crippen LogP contribution < -0.4 is 5.32 Å². The van der Waals surface area contributed by atoms with E-state index in [1.807, 2.05) is 93.6 Å². The van der Waals surface area contributed by atoms with Gasteiger partial charge in [-0.05, 0) is 49.6 Å². The molecule has 4 nitrogen and oxygen atoms in total. The molecule has 1 N–H and O–H groups in total. The molecule has 33 heavy (non-hydrogen) atoms. The molecule has 3 rings (SSSR count). The van der Waals surface area contributed by atoms with Crippen LogP contribution in [0, 0.1) is 0 Å². The predicted octanol–water partition coefficient (Wildman–Crippen LogP) is 5.44. The minimum absolute atomic E-state index is 0.105. The summed E-state index contributed by atoms with van der Waals surface area (Å²) in [6.45, 7) is 6.19. The number of nitrogens with zero attached hydrogens (tertiary/aromatic N) is 1. The van der Waals surface area contributed by atoms with Gasteiger partial charge in [-0.2, -0.15) is 0 Å². The van der Waals surface area contributed by atoms with E-state index in [-0.39, 0.29) is 18.2 Å². The summed E-state index contributed by atoms with van der Waals surface area (Å²) in [4.78, 5) is 28.8. The molecule has 3 aromatic carbocycles. The van der Waals surface area contributed by atoms with Gasteiger partial charge in [0.25, 0.3) is 0 Å². The molecule has 0 aliphatic heterocycles. The van der Waals surface area contributed by atoms with Gasteiger partial charge in [-0.15, -0.1) is 0 Å². The highest BCUT2D eigenvalue weighted by Gasteiger charge is 2.32. The largest absolute Gasteiger partial charge is 0.350 e. The van der Waals surface area contributed by atoms with Crippen molar-refractivity contribution in [2.45, 2.75) is 51.7 Å². The van der Waals surface area contributed by atoms with Crippen molar-refractivity contribution < 1.29 is 9.59 Å². The van der Waals surface area contributed by atoms with Gasteiger partial charge in [-0.1, -0.05) is 84.4 Å². The second-order valence-corrected chi connectivity index (χ2v) is 9.69. The number of amides is 2. The zero-order valence-corrected chi connectivity index (χ0v) is 20.2. The van der Waals surface area contributed by atoms with Crippen molar-refractivity contribution in [3.8, 4) is 0 Å². The molecule has 0 aliphatic carbocycles. The van der Waals surface area contributed by atoms with Gasteiger partial charge >= 0.3 is 0 Å². The smallest absolute Gasteiger partial charge is 0.243 e. The van der Waals surface area contributed by atoms with Crippen LogP contribution in [0.1, 0.15) is 37.5 Å². The third kappa shape index (κ3) is 7.76. The number of rotatable bonds is 8. The van der Waals surface area contributed by atoms with Crippen LogP contribution in [0.5, 0.6) is 0 Å². The third-order valence-corrected chi connectivity index (χ3v) is 5.49. The summed E-state index contributed by atoms with van der Waals surface area (Å²) in [7, 11) is 0. The minimum Gasteiger partial charge on any atom is -0.350 e. The first kappa shape index (κ1) is 24.5. The molecule has 0 unspecified atom stereocenters.